The number of sulfone groups is 2. The van der Waals surface area contributed by atoms with Gasteiger partial charge in [-0.1, -0.05) is 0 Å². The molecule has 0 bridgehead atoms. The zero-order chi connectivity index (χ0) is 20.2. The van der Waals surface area contributed by atoms with Gasteiger partial charge in [0.15, 0.2) is 29.7 Å². The molecule has 0 unspecified atom stereocenters. The van der Waals surface area contributed by atoms with E-state index in [1.54, 1.807) is 12.1 Å². The van der Waals surface area contributed by atoms with Crippen LogP contribution in [0.4, 0.5) is 0 Å². The van der Waals surface area contributed by atoms with Crippen LogP contribution >= 0.6 is 15.9 Å². The Morgan fingerprint density at radius 2 is 1.31 bits per heavy atom. The normalized spacial score (nSPS) is 12.1. The van der Waals surface area contributed by atoms with Crippen LogP contribution in [-0.2, 0) is 19.7 Å². The molecule has 0 amide bonds. The molecule has 2 aromatic rings. The Morgan fingerprint density at radius 3 is 1.62 bits per heavy atom. The summed E-state index contributed by atoms with van der Waals surface area (Å²) in [5, 5.41) is 0.157. The molecule has 26 heavy (non-hydrogen) atoms. The Morgan fingerprint density at radius 1 is 0.846 bits per heavy atom. The van der Waals surface area contributed by atoms with Crippen molar-refractivity contribution in [3.63, 3.8) is 0 Å². The average Bonchev–Trinajstić information content (AvgIpc) is 2.45. The summed E-state index contributed by atoms with van der Waals surface area (Å²) in [5.41, 5.74) is -0.311. The van der Waals surface area contributed by atoms with E-state index in [9.17, 15) is 16.8 Å². The largest absolute Gasteiger partial charge is 0.487 e. The smallest absolute Gasteiger partial charge is 0.192 e. The van der Waals surface area contributed by atoms with Crippen molar-refractivity contribution in [2.75, 3.05) is 12.5 Å². The van der Waals surface area contributed by atoms with Crippen LogP contribution < -0.4 is 4.74 Å². The Bertz CT molecular complexity index is 934. The minimum atomic E-state index is -3.23. The topological polar surface area (TPSA) is 103 Å². The molecule has 0 aliphatic heterocycles. The molecule has 2 heterocycles. The highest BCUT2D eigenvalue weighted by molar-refractivity contribution is 9.10. The van der Waals surface area contributed by atoms with E-state index in [4.69, 9.17) is 4.74 Å². The fourth-order valence-corrected chi connectivity index (χ4v) is 2.93. The molecule has 0 fully saturated rings. The highest BCUT2D eigenvalue weighted by Crippen LogP contribution is 2.18. The Balaban J connectivity index is 0.000000273. The van der Waals surface area contributed by atoms with Crippen LogP contribution in [0.2, 0.25) is 0 Å². The zero-order valence-corrected chi connectivity index (χ0v) is 18.3. The van der Waals surface area contributed by atoms with Crippen LogP contribution in [0.1, 0.15) is 20.8 Å². The van der Waals surface area contributed by atoms with E-state index in [0.717, 1.165) is 17.0 Å². The Labute approximate surface area is 162 Å². The summed E-state index contributed by atoms with van der Waals surface area (Å²) in [6, 6.07) is 6.15. The second-order valence-electron chi connectivity index (χ2n) is 6.41. The average molecular weight is 465 g/mol. The van der Waals surface area contributed by atoms with E-state index in [1.165, 1.54) is 24.5 Å². The van der Waals surface area contributed by atoms with Gasteiger partial charge >= 0.3 is 0 Å². The van der Waals surface area contributed by atoms with E-state index >= 15 is 0 Å². The summed E-state index contributed by atoms with van der Waals surface area (Å²) in [6.07, 6.45) is 5.13. The van der Waals surface area contributed by atoms with E-state index < -0.39 is 19.7 Å². The first-order valence-corrected chi connectivity index (χ1v) is 11.9. The molecule has 0 saturated heterocycles. The first-order valence-electron chi connectivity index (χ1n) is 7.35. The van der Waals surface area contributed by atoms with Crippen molar-refractivity contribution >= 4 is 35.6 Å². The second-order valence-corrected chi connectivity index (χ2v) is 11.2. The van der Waals surface area contributed by atoms with Crippen LogP contribution in [0.3, 0.4) is 0 Å². The van der Waals surface area contributed by atoms with Gasteiger partial charge in [0.1, 0.15) is 11.4 Å². The van der Waals surface area contributed by atoms with Crippen molar-refractivity contribution < 1.29 is 21.6 Å². The number of hydrogen-bond acceptors (Lipinski definition) is 7. The maximum Gasteiger partial charge on any atom is 0.192 e. The molecule has 0 saturated carbocycles. The molecule has 0 aliphatic carbocycles. The van der Waals surface area contributed by atoms with E-state index in [-0.39, 0.29) is 15.7 Å². The number of pyridine rings is 2. The third kappa shape index (κ3) is 8.24. The Kier molecular flexibility index (Phi) is 7.32. The van der Waals surface area contributed by atoms with Gasteiger partial charge in [-0.05, 0) is 61.0 Å². The summed E-state index contributed by atoms with van der Waals surface area (Å²) >= 11 is 3.15. The zero-order valence-electron chi connectivity index (χ0n) is 15.1. The predicted molar refractivity (Wildman–Crippen MR) is 103 cm³/mol. The van der Waals surface area contributed by atoms with Crippen LogP contribution in [-0.4, -0.2) is 44.9 Å². The molecule has 0 spiro atoms. The molecule has 0 aliphatic rings. The second kappa shape index (κ2) is 8.45. The Hall–Kier alpha value is -1.52. The maximum atomic E-state index is 11.1. The lowest BCUT2D eigenvalue weighted by atomic mass is 10.2. The first-order chi connectivity index (χ1) is 11.7. The third-order valence-electron chi connectivity index (χ3n) is 2.59. The molecule has 0 N–H and O–H groups in total. The predicted octanol–water partition coefficient (Wildman–Crippen LogP) is 2.91. The molecule has 10 heteroatoms. The number of ether oxygens (including phenoxy) is 1. The van der Waals surface area contributed by atoms with Gasteiger partial charge in [0.2, 0.25) is 0 Å². The number of hydrogen-bond donors (Lipinski definition) is 0. The van der Waals surface area contributed by atoms with Crippen molar-refractivity contribution in [2.24, 2.45) is 0 Å². The standard InChI is InChI=1S/C10H15NO3S.C6H6BrNO2S/c1-10(2,3)14-8-5-6-9(11-7-8)15(4,12)13;1-11(9,10)6-3-2-5(7)4-8-6/h5-7H,1-4H3;2-4H,1H3. The van der Waals surface area contributed by atoms with Crippen LogP contribution in [0.5, 0.6) is 5.75 Å². The minimum absolute atomic E-state index is 0.0590. The lowest BCUT2D eigenvalue weighted by molar-refractivity contribution is 0.130. The lowest BCUT2D eigenvalue weighted by Gasteiger charge is -2.20. The van der Waals surface area contributed by atoms with Crippen molar-refractivity contribution in [1.82, 2.24) is 9.97 Å². The molecule has 0 radical (unpaired) electrons. The number of rotatable bonds is 3. The van der Waals surface area contributed by atoms with Crippen LogP contribution in [0, 0.1) is 0 Å². The number of aromatic nitrogens is 2. The fourth-order valence-electron chi connectivity index (χ4n) is 1.58. The van der Waals surface area contributed by atoms with Crippen molar-refractivity contribution in [3.05, 3.63) is 41.1 Å². The number of halogens is 1. The third-order valence-corrected chi connectivity index (χ3v) is 5.06. The molecule has 0 atom stereocenters. The lowest BCUT2D eigenvalue weighted by Crippen LogP contribution is -2.23. The van der Waals surface area contributed by atoms with Gasteiger partial charge in [-0.3, -0.25) is 0 Å². The molecule has 2 rings (SSSR count). The fraction of sp³-hybridized carbons (Fsp3) is 0.375. The number of nitrogens with zero attached hydrogens (tertiary/aromatic N) is 2. The van der Waals surface area contributed by atoms with E-state index in [0.29, 0.717) is 5.75 Å². The van der Waals surface area contributed by atoms with Gasteiger partial charge in [0.25, 0.3) is 0 Å². The first kappa shape index (κ1) is 22.5. The van der Waals surface area contributed by atoms with Gasteiger partial charge in [-0.2, -0.15) is 0 Å². The van der Waals surface area contributed by atoms with Crippen LogP contribution in [0.15, 0.2) is 51.2 Å². The summed E-state index contributed by atoms with van der Waals surface area (Å²) in [5.74, 6) is 0.565. The maximum absolute atomic E-state index is 11.1. The van der Waals surface area contributed by atoms with Crippen molar-refractivity contribution in [2.45, 2.75) is 36.4 Å². The van der Waals surface area contributed by atoms with E-state index in [1.807, 2.05) is 20.8 Å². The SMILES string of the molecule is CC(C)(C)Oc1ccc(S(C)(=O)=O)nc1.CS(=O)(=O)c1ccc(Br)cn1. The van der Waals surface area contributed by atoms with Crippen LogP contribution in [0.25, 0.3) is 0 Å². The highest BCUT2D eigenvalue weighted by atomic mass is 79.9. The molecular weight excluding hydrogens is 444 g/mol. The molecular formula is C16H21BrN2O5S2. The van der Waals surface area contributed by atoms with Crippen molar-refractivity contribution in [1.29, 1.82) is 0 Å². The van der Waals surface area contributed by atoms with Gasteiger partial charge in [-0.25, -0.2) is 26.8 Å². The monoisotopic (exact) mass is 464 g/mol. The summed E-state index contributed by atoms with van der Waals surface area (Å²) < 4.78 is 50.3. The molecule has 7 nitrogen and oxygen atoms in total. The van der Waals surface area contributed by atoms with Gasteiger partial charge in [0, 0.05) is 23.2 Å². The van der Waals surface area contributed by atoms with Gasteiger partial charge in [-0.15, -0.1) is 0 Å². The van der Waals surface area contributed by atoms with Gasteiger partial charge < -0.3 is 4.74 Å². The van der Waals surface area contributed by atoms with Crippen molar-refractivity contribution in [3.8, 4) is 5.75 Å². The highest BCUT2D eigenvalue weighted by Gasteiger charge is 2.13. The summed E-state index contributed by atoms with van der Waals surface area (Å²) in [6.45, 7) is 5.74. The van der Waals surface area contributed by atoms with Gasteiger partial charge in [0.05, 0.1) is 6.20 Å². The summed E-state index contributed by atoms with van der Waals surface area (Å²) in [4.78, 5) is 7.54. The molecule has 0 aromatic carbocycles. The molecule has 2 aromatic heterocycles. The summed E-state index contributed by atoms with van der Waals surface area (Å²) in [7, 11) is -6.38. The minimum Gasteiger partial charge on any atom is -0.487 e. The molecule has 144 valence electrons. The quantitative estimate of drug-likeness (QED) is 0.687. The van der Waals surface area contributed by atoms with E-state index in [2.05, 4.69) is 25.9 Å².